The molecule has 11 heteroatoms. The van der Waals surface area contributed by atoms with Gasteiger partial charge in [-0.25, -0.2) is 10.1 Å². The molecule has 0 aliphatic carbocycles. The topological polar surface area (TPSA) is 139 Å². The lowest BCUT2D eigenvalue weighted by molar-refractivity contribution is -0.464. The van der Waals surface area contributed by atoms with Crippen LogP contribution in [0.1, 0.15) is 11.1 Å². The monoisotopic (exact) mass is 430 g/mol. The number of esters is 1. The minimum atomic E-state index is -2.22. The molecule has 0 amide bonds. The normalized spacial score (nSPS) is 22.9. The van der Waals surface area contributed by atoms with Crippen molar-refractivity contribution in [3.8, 4) is 0 Å². The maximum Gasteiger partial charge on any atom is 0.388 e. The van der Waals surface area contributed by atoms with Gasteiger partial charge in [-0.2, -0.15) is 4.89 Å². The van der Waals surface area contributed by atoms with E-state index < -0.39 is 22.7 Å². The largest absolute Gasteiger partial charge is 0.465 e. The molecule has 2 atom stereocenters. The molecule has 3 rings (SSSR count). The van der Waals surface area contributed by atoms with Crippen LogP contribution in [0.4, 0.5) is 5.69 Å². The molecule has 0 unspecified atom stereocenters. The number of rotatable bonds is 8. The van der Waals surface area contributed by atoms with E-state index in [0.717, 1.165) is 13.2 Å². The number of methoxy groups -OCH3 is 2. The Morgan fingerprint density at radius 1 is 1.16 bits per heavy atom. The van der Waals surface area contributed by atoms with Gasteiger partial charge < -0.3 is 14.3 Å². The Labute approximate surface area is 176 Å². The summed E-state index contributed by atoms with van der Waals surface area (Å²) in [4.78, 5) is 32.5. The highest BCUT2D eigenvalue weighted by Crippen LogP contribution is 2.45. The van der Waals surface area contributed by atoms with Gasteiger partial charge in [0.25, 0.3) is 11.5 Å². The zero-order chi connectivity index (χ0) is 22.5. The van der Waals surface area contributed by atoms with E-state index in [2.05, 4.69) is 10.0 Å². The van der Waals surface area contributed by atoms with E-state index in [4.69, 9.17) is 19.0 Å². The van der Waals surface area contributed by atoms with Crippen LogP contribution in [0, 0.1) is 10.1 Å². The molecule has 0 saturated carbocycles. The second kappa shape index (κ2) is 9.02. The first-order valence-electron chi connectivity index (χ1n) is 8.81. The molecule has 1 N–H and O–H groups in total. The summed E-state index contributed by atoms with van der Waals surface area (Å²) in [5, 5.41) is 24.1. The first kappa shape index (κ1) is 22.1. The average Bonchev–Trinajstić information content (AvgIpc) is 3.16. The third-order valence-corrected chi connectivity index (χ3v) is 4.41. The van der Waals surface area contributed by atoms with Crippen molar-refractivity contribution in [2.75, 3.05) is 14.2 Å². The Morgan fingerprint density at radius 2 is 1.84 bits per heavy atom. The lowest BCUT2D eigenvalue weighted by Crippen LogP contribution is -2.42. The molecule has 0 aromatic heterocycles. The molecule has 1 aliphatic rings. The van der Waals surface area contributed by atoms with Crippen molar-refractivity contribution in [2.45, 2.75) is 11.8 Å². The van der Waals surface area contributed by atoms with Crippen LogP contribution < -0.4 is 0 Å². The van der Waals surface area contributed by atoms with Crippen molar-refractivity contribution in [3.63, 3.8) is 0 Å². The van der Waals surface area contributed by atoms with Crippen molar-refractivity contribution in [1.82, 2.24) is 0 Å². The van der Waals surface area contributed by atoms with Gasteiger partial charge in [0.15, 0.2) is 0 Å². The van der Waals surface area contributed by atoms with Crippen LogP contribution in [0.3, 0.4) is 0 Å². The van der Waals surface area contributed by atoms with Crippen LogP contribution in [0.5, 0.6) is 0 Å². The predicted octanol–water partition coefficient (Wildman–Crippen LogP) is 2.72. The van der Waals surface area contributed by atoms with E-state index in [1.807, 2.05) is 0 Å². The molecular formula is C20H18N2O9. The smallest absolute Gasteiger partial charge is 0.388 e. The third-order valence-electron chi connectivity index (χ3n) is 4.41. The molecule has 2 aromatic carbocycles. The summed E-state index contributed by atoms with van der Waals surface area (Å²) in [6, 6.07) is 13.7. The van der Waals surface area contributed by atoms with Gasteiger partial charge in [-0.3, -0.25) is 14.9 Å². The molecular weight excluding hydrogens is 412 g/mol. The number of benzene rings is 2. The Hall–Kier alpha value is -3.64. The molecule has 0 radical (unpaired) electrons. The summed E-state index contributed by atoms with van der Waals surface area (Å²) in [5.74, 6) is -5.03. The summed E-state index contributed by atoms with van der Waals surface area (Å²) in [6.07, 6.45) is 2.38. The second-order valence-electron chi connectivity index (χ2n) is 6.21. The number of nitro benzene ring substituents is 1. The first-order valence-corrected chi connectivity index (χ1v) is 8.81. The Kier molecular flexibility index (Phi) is 6.42. The summed E-state index contributed by atoms with van der Waals surface area (Å²) in [6.45, 7) is 0. The van der Waals surface area contributed by atoms with Crippen LogP contribution >= 0.6 is 0 Å². The van der Waals surface area contributed by atoms with E-state index in [1.54, 1.807) is 30.3 Å². The minimum Gasteiger partial charge on any atom is -0.465 e. The fraction of sp³-hybridized carbons (Fsp3) is 0.200. The number of nitrogens with zero attached hydrogens (tertiary/aromatic N) is 2. The number of nitro groups is 1. The van der Waals surface area contributed by atoms with Crippen molar-refractivity contribution >= 4 is 17.9 Å². The SMILES string of the molecule is COC(=O)C1=C[C@](OO)(c2ccccc2)O[C@@]1(OC)O/N=C/c1ccc([N+](=O)[O-])cc1. The molecule has 1 heterocycles. The van der Waals surface area contributed by atoms with Gasteiger partial charge in [-0.1, -0.05) is 35.5 Å². The van der Waals surface area contributed by atoms with E-state index in [9.17, 15) is 20.2 Å². The zero-order valence-electron chi connectivity index (χ0n) is 16.5. The number of carbonyl (C=O) groups is 1. The second-order valence-corrected chi connectivity index (χ2v) is 6.21. The molecule has 0 spiro atoms. The number of non-ortho nitro benzene ring substituents is 1. The van der Waals surface area contributed by atoms with Gasteiger partial charge >= 0.3 is 11.9 Å². The van der Waals surface area contributed by atoms with Crippen molar-refractivity contribution < 1.29 is 38.9 Å². The highest BCUT2D eigenvalue weighted by molar-refractivity contribution is 5.90. The zero-order valence-corrected chi connectivity index (χ0v) is 16.5. The van der Waals surface area contributed by atoms with Gasteiger partial charge in [-0.05, 0) is 17.7 Å². The molecule has 11 nitrogen and oxygen atoms in total. The molecule has 0 saturated heterocycles. The number of ether oxygens (including phenoxy) is 3. The van der Waals surface area contributed by atoms with Crippen molar-refractivity contribution in [2.24, 2.45) is 5.16 Å². The van der Waals surface area contributed by atoms with Gasteiger partial charge in [0.05, 0.1) is 18.2 Å². The number of hydrogen-bond acceptors (Lipinski definition) is 10. The standard InChI is InChI=1S/C20H18N2O9/c1-27-18(23)17-12-19(31-26,15-6-4-3-5-7-15)29-20(17,28-2)30-21-13-14-8-10-16(11-9-14)22(24)25/h3-13,26H,1-2H3/b21-13+/t19-,20+/m0/s1. The van der Waals surface area contributed by atoms with E-state index in [0.29, 0.717) is 11.1 Å². The van der Waals surface area contributed by atoms with E-state index in [1.165, 1.54) is 37.6 Å². The fourth-order valence-electron chi connectivity index (χ4n) is 2.86. The summed E-state index contributed by atoms with van der Waals surface area (Å²) < 4.78 is 15.8. The highest BCUT2D eigenvalue weighted by atomic mass is 17.2. The fourth-order valence-corrected chi connectivity index (χ4v) is 2.86. The molecule has 1 aliphatic heterocycles. The van der Waals surface area contributed by atoms with Gasteiger partial charge in [0.1, 0.15) is 5.57 Å². The van der Waals surface area contributed by atoms with Gasteiger partial charge in [-0.15, -0.1) is 0 Å². The number of carbonyl (C=O) groups excluding carboxylic acids is 1. The lowest BCUT2D eigenvalue weighted by atomic mass is 10.0. The quantitative estimate of drug-likeness (QED) is 0.167. The maximum atomic E-state index is 12.4. The van der Waals surface area contributed by atoms with Crippen LogP contribution in [0.25, 0.3) is 0 Å². The van der Waals surface area contributed by atoms with Gasteiger partial charge in [0.2, 0.25) is 0 Å². The summed E-state index contributed by atoms with van der Waals surface area (Å²) in [5.41, 5.74) is 0.442. The van der Waals surface area contributed by atoms with Crippen LogP contribution in [0.2, 0.25) is 0 Å². The Balaban J connectivity index is 1.92. The Bertz CT molecular complexity index is 1010. The highest BCUT2D eigenvalue weighted by Gasteiger charge is 2.59. The number of hydrogen-bond donors (Lipinski definition) is 1. The summed E-state index contributed by atoms with van der Waals surface area (Å²) >= 11 is 0. The number of oxime groups is 1. The minimum absolute atomic E-state index is 0.0887. The van der Waals surface area contributed by atoms with Gasteiger partial charge in [0, 0.05) is 30.9 Å². The van der Waals surface area contributed by atoms with E-state index >= 15 is 0 Å². The van der Waals surface area contributed by atoms with Crippen LogP contribution in [-0.2, 0) is 34.5 Å². The average molecular weight is 430 g/mol. The third kappa shape index (κ3) is 4.29. The van der Waals surface area contributed by atoms with Crippen LogP contribution in [-0.4, -0.2) is 42.6 Å². The van der Waals surface area contributed by atoms with Crippen molar-refractivity contribution in [1.29, 1.82) is 0 Å². The first-order chi connectivity index (χ1) is 14.9. The lowest BCUT2D eigenvalue weighted by Gasteiger charge is -2.30. The molecule has 0 bridgehead atoms. The van der Waals surface area contributed by atoms with Crippen LogP contribution in [0.15, 0.2) is 71.4 Å². The van der Waals surface area contributed by atoms with E-state index in [-0.39, 0.29) is 11.3 Å². The van der Waals surface area contributed by atoms with Crippen molar-refractivity contribution in [3.05, 3.63) is 87.5 Å². The molecule has 162 valence electrons. The molecule has 0 fully saturated rings. The molecule has 31 heavy (non-hydrogen) atoms. The maximum absolute atomic E-state index is 12.4. The summed E-state index contributed by atoms with van der Waals surface area (Å²) in [7, 11) is 2.34. The predicted molar refractivity (Wildman–Crippen MR) is 105 cm³/mol. The Morgan fingerprint density at radius 3 is 2.39 bits per heavy atom. The molecule has 2 aromatic rings.